The van der Waals surface area contributed by atoms with E-state index >= 15 is 0 Å². The Morgan fingerprint density at radius 3 is 2.33 bits per heavy atom. The van der Waals surface area contributed by atoms with Gasteiger partial charge in [-0.15, -0.1) is 0 Å². The topological polar surface area (TPSA) is 123 Å². The van der Waals surface area contributed by atoms with Crippen LogP contribution in [0.2, 0.25) is 5.02 Å². The first kappa shape index (κ1) is 32.2. The molecule has 0 atom stereocenters. The molecule has 234 valence electrons. The van der Waals surface area contributed by atoms with Gasteiger partial charge in [0, 0.05) is 49.4 Å². The van der Waals surface area contributed by atoms with E-state index in [9.17, 15) is 4.79 Å². The van der Waals surface area contributed by atoms with Crippen LogP contribution in [0.1, 0.15) is 47.9 Å². The van der Waals surface area contributed by atoms with Crippen molar-refractivity contribution >= 4 is 29.1 Å². The minimum atomic E-state index is -0.564. The number of halogens is 1. The molecular weight excluding hydrogens is 576 g/mol. The number of carbonyl (C=O) groups excluding carboxylic acids is 1. The Morgan fingerprint density at radius 2 is 1.72 bits per heavy atom. The molecule has 13 heteroatoms. The summed E-state index contributed by atoms with van der Waals surface area (Å²) in [4.78, 5) is 26.8. The number of nitrogens with zero attached hydrogens (tertiary/aromatic N) is 4. The minimum absolute atomic E-state index is 0.000111. The Balaban J connectivity index is 1.43. The number of amides is 1. The molecule has 0 saturated carbocycles. The smallest absolute Gasteiger partial charge is 0.291 e. The summed E-state index contributed by atoms with van der Waals surface area (Å²) in [7, 11) is 6.62. The number of aromatic nitrogens is 2. The third-order valence-electron chi connectivity index (χ3n) is 7.20. The van der Waals surface area contributed by atoms with E-state index in [1.54, 1.807) is 13.2 Å². The van der Waals surface area contributed by atoms with Crippen molar-refractivity contribution in [1.29, 1.82) is 0 Å². The molecule has 1 saturated heterocycles. The van der Waals surface area contributed by atoms with E-state index in [0.717, 1.165) is 50.3 Å². The van der Waals surface area contributed by atoms with Crippen molar-refractivity contribution in [2.24, 2.45) is 0 Å². The van der Waals surface area contributed by atoms with Gasteiger partial charge in [0.15, 0.2) is 22.9 Å². The van der Waals surface area contributed by atoms with E-state index in [2.05, 4.69) is 37.4 Å². The van der Waals surface area contributed by atoms with E-state index in [1.165, 1.54) is 20.3 Å². The summed E-state index contributed by atoms with van der Waals surface area (Å²) in [5.74, 6) is 1.24. The van der Waals surface area contributed by atoms with Crippen LogP contribution >= 0.6 is 11.6 Å². The van der Waals surface area contributed by atoms with Gasteiger partial charge in [0.2, 0.25) is 17.7 Å². The number of rotatable bonds is 13. The number of nitrogens with one attached hydrogen (secondary N) is 2. The molecule has 1 aliphatic heterocycles. The molecule has 1 aromatic carbocycles. The van der Waals surface area contributed by atoms with E-state index < -0.39 is 5.91 Å². The van der Waals surface area contributed by atoms with Crippen molar-refractivity contribution in [3.8, 4) is 29.2 Å². The number of hydrogen-bond acceptors (Lipinski definition) is 11. The molecule has 1 fully saturated rings. The Labute approximate surface area is 257 Å². The molecule has 3 aromatic rings. The first-order valence-electron chi connectivity index (χ1n) is 14.3. The molecule has 4 rings (SSSR count). The highest BCUT2D eigenvalue weighted by Crippen LogP contribution is 2.44. The summed E-state index contributed by atoms with van der Waals surface area (Å²) < 4.78 is 28.3. The number of anilines is 2. The molecule has 1 amide bonds. The van der Waals surface area contributed by atoms with Crippen LogP contribution in [0.4, 0.5) is 11.6 Å². The Morgan fingerprint density at radius 1 is 1.05 bits per heavy atom. The van der Waals surface area contributed by atoms with Crippen molar-refractivity contribution in [1.82, 2.24) is 19.8 Å². The van der Waals surface area contributed by atoms with Gasteiger partial charge in [-0.05, 0) is 50.6 Å². The number of aryl methyl sites for hydroxylation is 1. The Bertz CT molecular complexity index is 1380. The molecule has 1 aliphatic rings. The first-order valence-corrected chi connectivity index (χ1v) is 14.6. The van der Waals surface area contributed by atoms with Crippen LogP contribution in [0.3, 0.4) is 0 Å². The third kappa shape index (κ3) is 7.81. The predicted octanol–water partition coefficient (Wildman–Crippen LogP) is 5.27. The summed E-state index contributed by atoms with van der Waals surface area (Å²) in [5, 5.41) is 6.55. The number of hydrogen-bond donors (Lipinski definition) is 2. The van der Waals surface area contributed by atoms with Gasteiger partial charge in [-0.25, -0.2) is 0 Å². The average Bonchev–Trinajstić information content (AvgIpc) is 3.46. The molecule has 2 N–H and O–H groups in total. The average molecular weight is 617 g/mol. The monoisotopic (exact) mass is 616 g/mol. The quantitative estimate of drug-likeness (QED) is 0.244. The molecule has 0 spiro atoms. The fourth-order valence-electron chi connectivity index (χ4n) is 4.86. The molecular formula is C30H41ClN6O6. The Kier molecular flexibility index (Phi) is 10.9. The Hall–Kier alpha value is -3.74. The summed E-state index contributed by atoms with van der Waals surface area (Å²) in [6, 6.07) is 4.87. The van der Waals surface area contributed by atoms with Gasteiger partial charge in [-0.2, -0.15) is 9.97 Å². The molecule has 43 heavy (non-hydrogen) atoms. The molecule has 0 radical (unpaired) electrons. The van der Waals surface area contributed by atoms with Crippen LogP contribution in [0.5, 0.6) is 29.2 Å². The third-order valence-corrected chi connectivity index (χ3v) is 7.51. The van der Waals surface area contributed by atoms with Gasteiger partial charge in [-0.3, -0.25) is 4.79 Å². The zero-order valence-corrected chi connectivity index (χ0v) is 26.6. The van der Waals surface area contributed by atoms with Gasteiger partial charge in [0.1, 0.15) is 0 Å². The van der Waals surface area contributed by atoms with Crippen LogP contribution in [0, 0.1) is 6.92 Å². The van der Waals surface area contributed by atoms with Crippen molar-refractivity contribution < 1.29 is 28.2 Å². The second-order valence-electron chi connectivity index (χ2n) is 10.6. The van der Waals surface area contributed by atoms with Gasteiger partial charge < -0.3 is 43.8 Å². The summed E-state index contributed by atoms with van der Waals surface area (Å²) in [6.07, 6.45) is 0.930. The van der Waals surface area contributed by atoms with Crippen LogP contribution in [0.15, 0.2) is 22.6 Å². The van der Waals surface area contributed by atoms with E-state index in [1.807, 2.05) is 26.8 Å². The molecule has 2 aromatic heterocycles. The maximum atomic E-state index is 13.2. The van der Waals surface area contributed by atoms with Gasteiger partial charge >= 0.3 is 0 Å². The van der Waals surface area contributed by atoms with E-state index in [4.69, 9.17) is 35.0 Å². The summed E-state index contributed by atoms with van der Waals surface area (Å²) >= 11 is 6.48. The fraction of sp³-hybridized carbons (Fsp3) is 0.500. The highest BCUT2D eigenvalue weighted by atomic mass is 35.5. The maximum Gasteiger partial charge on any atom is 0.291 e. The summed E-state index contributed by atoms with van der Waals surface area (Å²) in [6.45, 7) is 11.9. The zero-order chi connectivity index (χ0) is 31.1. The van der Waals surface area contributed by atoms with Gasteiger partial charge in [0.05, 0.1) is 21.3 Å². The predicted molar refractivity (Wildman–Crippen MR) is 166 cm³/mol. The number of furan rings is 1. The first-order chi connectivity index (χ1) is 20.6. The second-order valence-corrected chi connectivity index (χ2v) is 11.1. The molecule has 12 nitrogen and oxygen atoms in total. The highest BCUT2D eigenvalue weighted by Gasteiger charge is 2.24. The standard InChI is InChI=1S/C30H41ClN6O6/c1-18(2)23-20(31)17-19(3)25(26(23)39-5)43-22-10-9-21(42-22)27(38)33-24-28(40-6)34-30(35-29(24)41-7)32-11-8-12-37-15-13-36(4)14-16-37/h9-10,17-18H,8,11-16H2,1-7H3,(H,33,38)(H,32,34,35). The lowest BCUT2D eigenvalue weighted by molar-refractivity contribution is 0.0990. The second kappa shape index (κ2) is 14.6. The lowest BCUT2D eigenvalue weighted by Crippen LogP contribution is -2.44. The highest BCUT2D eigenvalue weighted by molar-refractivity contribution is 6.31. The molecule has 3 heterocycles. The number of carbonyl (C=O) groups is 1. The van der Waals surface area contributed by atoms with Crippen LogP contribution in [-0.2, 0) is 0 Å². The number of ether oxygens (including phenoxy) is 4. The summed E-state index contributed by atoms with van der Waals surface area (Å²) in [5.41, 5.74) is 1.75. The molecule has 0 unspecified atom stereocenters. The lowest BCUT2D eigenvalue weighted by atomic mass is 9.99. The molecule has 0 aliphatic carbocycles. The van der Waals surface area contributed by atoms with Crippen molar-refractivity contribution in [3.63, 3.8) is 0 Å². The normalized spacial score (nSPS) is 14.1. The van der Waals surface area contributed by atoms with Gasteiger partial charge in [0.25, 0.3) is 11.9 Å². The number of benzene rings is 1. The van der Waals surface area contributed by atoms with Crippen LogP contribution in [-0.4, -0.2) is 93.3 Å². The largest absolute Gasteiger partial charge is 0.492 e. The number of piperazine rings is 1. The van der Waals surface area contributed by atoms with Crippen molar-refractivity contribution in [2.75, 3.05) is 78.3 Å². The van der Waals surface area contributed by atoms with Gasteiger partial charge in [-0.1, -0.05) is 25.4 Å². The van der Waals surface area contributed by atoms with Crippen molar-refractivity contribution in [2.45, 2.75) is 33.1 Å². The van der Waals surface area contributed by atoms with E-state index in [-0.39, 0.29) is 35.1 Å². The SMILES string of the molecule is COc1nc(NCCCN2CCN(C)CC2)nc(OC)c1NC(=O)c1ccc(Oc2c(C)cc(Cl)c(C(C)C)c2OC)o1. The zero-order valence-electron chi connectivity index (χ0n) is 25.9. The number of likely N-dealkylation sites (N-methyl/N-ethyl adjacent to an activating group) is 1. The minimum Gasteiger partial charge on any atom is -0.492 e. The fourth-order valence-corrected chi connectivity index (χ4v) is 5.33. The van der Waals surface area contributed by atoms with Crippen LogP contribution < -0.4 is 29.6 Å². The molecule has 0 bridgehead atoms. The van der Waals surface area contributed by atoms with Crippen LogP contribution in [0.25, 0.3) is 0 Å². The maximum absolute atomic E-state index is 13.2. The van der Waals surface area contributed by atoms with E-state index in [0.29, 0.717) is 29.0 Å². The lowest BCUT2D eigenvalue weighted by Gasteiger charge is -2.32. The van der Waals surface area contributed by atoms with Crippen molar-refractivity contribution in [3.05, 3.63) is 40.1 Å². The number of methoxy groups -OCH3 is 3.